The van der Waals surface area contributed by atoms with Crippen molar-refractivity contribution in [3.05, 3.63) is 95.3 Å². The van der Waals surface area contributed by atoms with Crippen LogP contribution in [0.5, 0.6) is 0 Å². The predicted molar refractivity (Wildman–Crippen MR) is 120 cm³/mol. The molecule has 0 bridgehead atoms. The van der Waals surface area contributed by atoms with E-state index in [1.165, 1.54) is 24.3 Å². The van der Waals surface area contributed by atoms with Crippen LogP contribution in [0.1, 0.15) is 21.5 Å². The predicted octanol–water partition coefficient (Wildman–Crippen LogP) is 2.85. The van der Waals surface area contributed by atoms with Crippen molar-refractivity contribution >= 4 is 34.9 Å². The SMILES string of the molecule is O=C(CN1C(=O)C(=O)c2cc(NC(=O)Cc3ccccc3)ccc21)NCc1ccc(F)cc1. The normalized spacial score (nSPS) is 12.5. The smallest absolute Gasteiger partial charge is 0.299 e. The summed E-state index contributed by atoms with van der Waals surface area (Å²) in [6.45, 7) is -0.174. The van der Waals surface area contributed by atoms with E-state index in [4.69, 9.17) is 0 Å². The molecule has 3 aromatic carbocycles. The van der Waals surface area contributed by atoms with Crippen LogP contribution in [0, 0.1) is 5.82 Å². The van der Waals surface area contributed by atoms with Crippen molar-refractivity contribution in [1.29, 1.82) is 0 Å². The number of Topliss-reactive ketones (excluding diaryl/α,β-unsaturated/α-hetero) is 1. The Labute approximate surface area is 189 Å². The molecule has 0 aromatic heterocycles. The summed E-state index contributed by atoms with van der Waals surface area (Å²) in [5, 5.41) is 5.38. The standard InChI is InChI=1S/C25H20FN3O4/c26-18-8-6-17(7-9-18)14-27-23(31)15-29-21-11-10-19(13-20(21)24(32)25(29)33)28-22(30)12-16-4-2-1-3-5-16/h1-11,13H,12,14-15H2,(H,27,31)(H,28,30). The molecule has 0 fully saturated rings. The molecule has 2 N–H and O–H groups in total. The van der Waals surface area contributed by atoms with Crippen LogP contribution in [0.15, 0.2) is 72.8 Å². The molecule has 3 amide bonds. The fourth-order valence-corrected chi connectivity index (χ4v) is 3.52. The van der Waals surface area contributed by atoms with Gasteiger partial charge >= 0.3 is 0 Å². The number of ketones is 1. The molecule has 1 heterocycles. The lowest BCUT2D eigenvalue weighted by molar-refractivity contribution is -0.122. The average Bonchev–Trinajstić information content (AvgIpc) is 3.03. The van der Waals surface area contributed by atoms with E-state index in [9.17, 15) is 23.6 Å². The fourth-order valence-electron chi connectivity index (χ4n) is 3.52. The van der Waals surface area contributed by atoms with Gasteiger partial charge in [-0.2, -0.15) is 0 Å². The monoisotopic (exact) mass is 445 g/mol. The number of rotatable bonds is 7. The molecule has 0 spiro atoms. The Kier molecular flexibility index (Phi) is 6.26. The number of fused-ring (bicyclic) bond motifs is 1. The maximum atomic E-state index is 13.0. The van der Waals surface area contributed by atoms with Crippen molar-refractivity contribution in [3.8, 4) is 0 Å². The summed E-state index contributed by atoms with van der Waals surface area (Å²) in [5.74, 6) is -2.65. The van der Waals surface area contributed by atoms with Crippen LogP contribution in [-0.2, 0) is 27.3 Å². The molecule has 0 radical (unpaired) electrons. The lowest BCUT2D eigenvalue weighted by Crippen LogP contribution is -2.39. The van der Waals surface area contributed by atoms with E-state index in [-0.39, 0.29) is 36.8 Å². The van der Waals surface area contributed by atoms with Crippen LogP contribution >= 0.6 is 0 Å². The molecule has 0 saturated heterocycles. The van der Waals surface area contributed by atoms with Crippen molar-refractivity contribution in [2.75, 3.05) is 16.8 Å². The van der Waals surface area contributed by atoms with Gasteiger partial charge in [-0.15, -0.1) is 0 Å². The molecule has 1 aliphatic rings. The number of anilines is 2. The fraction of sp³-hybridized carbons (Fsp3) is 0.120. The van der Waals surface area contributed by atoms with Gasteiger partial charge in [0.2, 0.25) is 11.8 Å². The molecule has 0 unspecified atom stereocenters. The molecule has 4 rings (SSSR count). The number of halogens is 1. The Hall–Kier alpha value is -4.33. The third-order valence-electron chi connectivity index (χ3n) is 5.17. The second kappa shape index (κ2) is 9.44. The van der Waals surface area contributed by atoms with E-state index < -0.39 is 17.6 Å². The van der Waals surface area contributed by atoms with Gasteiger partial charge in [0.15, 0.2) is 0 Å². The third-order valence-corrected chi connectivity index (χ3v) is 5.17. The molecule has 8 heteroatoms. The van der Waals surface area contributed by atoms with Gasteiger partial charge in [0, 0.05) is 12.2 Å². The highest BCUT2D eigenvalue weighted by atomic mass is 19.1. The summed E-state index contributed by atoms with van der Waals surface area (Å²) < 4.78 is 13.0. The van der Waals surface area contributed by atoms with Crippen LogP contribution in [0.3, 0.4) is 0 Å². The minimum Gasteiger partial charge on any atom is -0.350 e. The topological polar surface area (TPSA) is 95.6 Å². The van der Waals surface area contributed by atoms with Crippen molar-refractivity contribution in [1.82, 2.24) is 5.32 Å². The summed E-state index contributed by atoms with van der Waals surface area (Å²) >= 11 is 0. The highest BCUT2D eigenvalue weighted by molar-refractivity contribution is 6.52. The van der Waals surface area contributed by atoms with E-state index in [1.54, 1.807) is 18.2 Å². The summed E-state index contributed by atoms with van der Waals surface area (Å²) in [5.41, 5.74) is 2.37. The van der Waals surface area contributed by atoms with Crippen LogP contribution in [-0.4, -0.2) is 30.0 Å². The average molecular weight is 445 g/mol. The van der Waals surface area contributed by atoms with Crippen molar-refractivity contribution < 1.29 is 23.6 Å². The van der Waals surface area contributed by atoms with Gasteiger partial charge in [-0.3, -0.25) is 24.1 Å². The first-order valence-corrected chi connectivity index (χ1v) is 10.3. The van der Waals surface area contributed by atoms with Crippen LogP contribution in [0.25, 0.3) is 0 Å². The minimum absolute atomic E-state index is 0.129. The highest BCUT2D eigenvalue weighted by Gasteiger charge is 2.37. The van der Waals surface area contributed by atoms with Gasteiger partial charge in [0.25, 0.3) is 11.7 Å². The first-order valence-electron chi connectivity index (χ1n) is 10.3. The molecular formula is C25H20FN3O4. The number of hydrogen-bond acceptors (Lipinski definition) is 4. The number of benzene rings is 3. The second-order valence-electron chi connectivity index (χ2n) is 7.57. The van der Waals surface area contributed by atoms with Crippen LogP contribution in [0.2, 0.25) is 0 Å². The Balaban J connectivity index is 1.40. The number of carbonyl (C=O) groups excluding carboxylic acids is 4. The number of amides is 3. The lowest BCUT2D eigenvalue weighted by atomic mass is 10.1. The zero-order valence-electron chi connectivity index (χ0n) is 17.5. The number of nitrogens with zero attached hydrogens (tertiary/aromatic N) is 1. The maximum Gasteiger partial charge on any atom is 0.299 e. The molecule has 0 atom stereocenters. The first-order chi connectivity index (χ1) is 15.9. The molecule has 33 heavy (non-hydrogen) atoms. The van der Waals surface area contributed by atoms with Gasteiger partial charge in [-0.05, 0) is 41.5 Å². The van der Waals surface area contributed by atoms with Crippen molar-refractivity contribution in [3.63, 3.8) is 0 Å². The van der Waals surface area contributed by atoms with E-state index in [0.29, 0.717) is 16.9 Å². The zero-order valence-corrected chi connectivity index (χ0v) is 17.5. The molecule has 7 nitrogen and oxygen atoms in total. The van der Waals surface area contributed by atoms with E-state index >= 15 is 0 Å². The molecule has 0 aliphatic carbocycles. The molecule has 0 saturated carbocycles. The van der Waals surface area contributed by atoms with E-state index in [0.717, 1.165) is 10.5 Å². The first kappa shape index (κ1) is 21.9. The molecule has 1 aliphatic heterocycles. The van der Waals surface area contributed by atoms with E-state index in [2.05, 4.69) is 10.6 Å². The largest absolute Gasteiger partial charge is 0.350 e. The molecule has 166 valence electrons. The summed E-state index contributed by atoms with van der Waals surface area (Å²) in [6.07, 6.45) is 0.172. The van der Waals surface area contributed by atoms with Gasteiger partial charge in [-0.25, -0.2) is 4.39 Å². The molecule has 3 aromatic rings. The Morgan fingerprint density at radius 2 is 1.58 bits per heavy atom. The van der Waals surface area contributed by atoms with Crippen molar-refractivity contribution in [2.45, 2.75) is 13.0 Å². The van der Waals surface area contributed by atoms with Crippen LogP contribution in [0.4, 0.5) is 15.8 Å². The summed E-state index contributed by atoms with van der Waals surface area (Å²) in [4.78, 5) is 50.7. The third kappa shape index (κ3) is 5.12. The Morgan fingerprint density at radius 3 is 2.30 bits per heavy atom. The Morgan fingerprint density at radius 1 is 0.848 bits per heavy atom. The highest BCUT2D eigenvalue weighted by Crippen LogP contribution is 2.31. The van der Waals surface area contributed by atoms with Gasteiger partial charge < -0.3 is 10.6 Å². The van der Waals surface area contributed by atoms with Gasteiger partial charge in [0.05, 0.1) is 17.7 Å². The number of carbonyl (C=O) groups is 4. The maximum absolute atomic E-state index is 13.0. The number of hydrogen-bond donors (Lipinski definition) is 2. The lowest BCUT2D eigenvalue weighted by Gasteiger charge is -2.16. The quantitative estimate of drug-likeness (QED) is 0.547. The minimum atomic E-state index is -0.810. The van der Waals surface area contributed by atoms with Gasteiger partial charge in [-0.1, -0.05) is 42.5 Å². The van der Waals surface area contributed by atoms with Gasteiger partial charge in [0.1, 0.15) is 12.4 Å². The number of nitrogens with one attached hydrogen (secondary N) is 2. The Bertz CT molecular complexity index is 1230. The summed E-state index contributed by atoms with van der Waals surface area (Å²) in [6, 6.07) is 19.4. The molecular weight excluding hydrogens is 425 g/mol. The zero-order chi connectivity index (χ0) is 23.4. The second-order valence-corrected chi connectivity index (χ2v) is 7.57. The van der Waals surface area contributed by atoms with E-state index in [1.807, 2.05) is 30.3 Å². The van der Waals surface area contributed by atoms with Crippen LogP contribution < -0.4 is 15.5 Å². The van der Waals surface area contributed by atoms with Crippen molar-refractivity contribution in [2.24, 2.45) is 0 Å². The summed E-state index contributed by atoms with van der Waals surface area (Å²) in [7, 11) is 0.